The predicted molar refractivity (Wildman–Crippen MR) is 121 cm³/mol. The molecule has 1 amide bonds. The van der Waals surface area contributed by atoms with Crippen molar-refractivity contribution in [2.45, 2.75) is 23.7 Å². The molecule has 9 heteroatoms. The number of carbonyl (C=O) groups is 1. The molecule has 1 aliphatic heterocycles. The van der Waals surface area contributed by atoms with Gasteiger partial charge in [-0.25, -0.2) is 14.4 Å². The molecule has 0 bridgehead atoms. The highest BCUT2D eigenvalue weighted by atomic mass is 35.5. The SMILES string of the molecule is CC(Sc1nc(CN2CCOCC2)nc2ccccc12)C(=O)Nc1ccc(Cl)cc1F. The second-order valence-electron chi connectivity index (χ2n) is 7.22. The Morgan fingerprint density at radius 2 is 2.03 bits per heavy atom. The third kappa shape index (κ3) is 5.51. The lowest BCUT2D eigenvalue weighted by Crippen LogP contribution is -2.36. The van der Waals surface area contributed by atoms with Crippen LogP contribution in [-0.4, -0.2) is 52.3 Å². The molecular formula is C22H22ClFN4O2S. The first-order chi connectivity index (χ1) is 15.0. The number of hydrogen-bond donors (Lipinski definition) is 1. The van der Waals surface area contributed by atoms with E-state index in [1.54, 1.807) is 6.92 Å². The van der Waals surface area contributed by atoms with Gasteiger partial charge in [-0.3, -0.25) is 9.69 Å². The van der Waals surface area contributed by atoms with Crippen molar-refractivity contribution in [3.8, 4) is 0 Å². The summed E-state index contributed by atoms with van der Waals surface area (Å²) in [5.74, 6) is -0.179. The molecule has 1 N–H and O–H groups in total. The Hall–Kier alpha value is -2.26. The molecule has 0 spiro atoms. The highest BCUT2D eigenvalue weighted by molar-refractivity contribution is 8.00. The lowest BCUT2D eigenvalue weighted by Gasteiger charge is -2.26. The maximum atomic E-state index is 14.0. The summed E-state index contributed by atoms with van der Waals surface area (Å²) in [5, 5.41) is 4.02. The summed E-state index contributed by atoms with van der Waals surface area (Å²) in [6.07, 6.45) is 0. The number of amides is 1. The van der Waals surface area contributed by atoms with Crippen molar-refractivity contribution in [1.82, 2.24) is 14.9 Å². The molecule has 1 atom stereocenters. The van der Waals surface area contributed by atoms with Crippen LogP contribution in [0.5, 0.6) is 0 Å². The Bertz CT molecular complexity index is 1090. The largest absolute Gasteiger partial charge is 0.379 e. The van der Waals surface area contributed by atoms with Gasteiger partial charge in [-0.15, -0.1) is 0 Å². The summed E-state index contributed by atoms with van der Waals surface area (Å²) in [5.41, 5.74) is 0.932. The molecule has 4 rings (SSSR count). The summed E-state index contributed by atoms with van der Waals surface area (Å²) in [6.45, 7) is 5.47. The number of para-hydroxylation sites is 1. The fraction of sp³-hybridized carbons (Fsp3) is 0.318. The number of rotatable bonds is 6. The van der Waals surface area contributed by atoms with Crippen molar-refractivity contribution >= 4 is 45.9 Å². The van der Waals surface area contributed by atoms with Crippen LogP contribution in [0.15, 0.2) is 47.5 Å². The van der Waals surface area contributed by atoms with Crippen LogP contribution >= 0.6 is 23.4 Å². The van der Waals surface area contributed by atoms with E-state index in [0.717, 1.165) is 29.0 Å². The minimum absolute atomic E-state index is 0.0994. The number of fused-ring (bicyclic) bond motifs is 1. The second kappa shape index (κ2) is 9.91. The first kappa shape index (κ1) is 22.0. The molecule has 2 aromatic carbocycles. The zero-order chi connectivity index (χ0) is 21.8. The van der Waals surface area contributed by atoms with Gasteiger partial charge in [0.05, 0.1) is 36.2 Å². The van der Waals surface area contributed by atoms with Crippen molar-refractivity contribution in [3.05, 3.63) is 59.1 Å². The van der Waals surface area contributed by atoms with E-state index < -0.39 is 11.1 Å². The van der Waals surface area contributed by atoms with E-state index in [-0.39, 0.29) is 16.6 Å². The number of aromatic nitrogens is 2. The van der Waals surface area contributed by atoms with Gasteiger partial charge >= 0.3 is 0 Å². The number of ether oxygens (including phenoxy) is 1. The van der Waals surface area contributed by atoms with E-state index in [0.29, 0.717) is 25.6 Å². The van der Waals surface area contributed by atoms with Gasteiger partial charge in [0.15, 0.2) is 0 Å². The molecule has 1 aromatic heterocycles. The number of anilines is 1. The lowest BCUT2D eigenvalue weighted by atomic mass is 10.2. The Morgan fingerprint density at radius 1 is 1.26 bits per heavy atom. The number of carbonyl (C=O) groups excluding carboxylic acids is 1. The Morgan fingerprint density at radius 3 is 2.81 bits per heavy atom. The zero-order valence-electron chi connectivity index (χ0n) is 17.0. The maximum Gasteiger partial charge on any atom is 0.237 e. The number of nitrogens with one attached hydrogen (secondary N) is 1. The van der Waals surface area contributed by atoms with Gasteiger partial charge in [0.2, 0.25) is 5.91 Å². The highest BCUT2D eigenvalue weighted by Gasteiger charge is 2.20. The lowest BCUT2D eigenvalue weighted by molar-refractivity contribution is -0.115. The molecule has 0 radical (unpaired) electrons. The molecule has 6 nitrogen and oxygen atoms in total. The molecular weight excluding hydrogens is 439 g/mol. The minimum Gasteiger partial charge on any atom is -0.379 e. The summed E-state index contributed by atoms with van der Waals surface area (Å²) < 4.78 is 19.5. The molecule has 1 fully saturated rings. The van der Waals surface area contributed by atoms with E-state index in [1.807, 2.05) is 24.3 Å². The van der Waals surface area contributed by atoms with Crippen LogP contribution in [0.3, 0.4) is 0 Å². The molecule has 162 valence electrons. The molecule has 1 saturated heterocycles. The maximum absolute atomic E-state index is 14.0. The fourth-order valence-electron chi connectivity index (χ4n) is 3.26. The van der Waals surface area contributed by atoms with Crippen LogP contribution in [-0.2, 0) is 16.1 Å². The minimum atomic E-state index is -0.571. The number of thioether (sulfide) groups is 1. The Kier molecular flexibility index (Phi) is 7.02. The average molecular weight is 461 g/mol. The van der Waals surface area contributed by atoms with Crippen LogP contribution in [0.4, 0.5) is 10.1 Å². The number of nitrogens with zero attached hydrogens (tertiary/aromatic N) is 3. The van der Waals surface area contributed by atoms with Crippen molar-refractivity contribution < 1.29 is 13.9 Å². The van der Waals surface area contributed by atoms with Gasteiger partial charge in [-0.2, -0.15) is 0 Å². The molecule has 3 aromatic rings. The molecule has 1 unspecified atom stereocenters. The van der Waals surface area contributed by atoms with E-state index in [9.17, 15) is 9.18 Å². The summed E-state index contributed by atoms with van der Waals surface area (Å²) in [4.78, 5) is 24.4. The van der Waals surface area contributed by atoms with E-state index in [4.69, 9.17) is 26.3 Å². The number of benzene rings is 2. The number of halogens is 2. The van der Waals surface area contributed by atoms with Gasteiger partial charge in [0.25, 0.3) is 0 Å². The van der Waals surface area contributed by atoms with Gasteiger partial charge < -0.3 is 10.1 Å². The normalized spacial score (nSPS) is 15.7. The highest BCUT2D eigenvalue weighted by Crippen LogP contribution is 2.30. The van der Waals surface area contributed by atoms with Crippen LogP contribution < -0.4 is 5.32 Å². The van der Waals surface area contributed by atoms with Crippen molar-refractivity contribution in [1.29, 1.82) is 0 Å². The van der Waals surface area contributed by atoms with Crippen molar-refractivity contribution in [2.24, 2.45) is 0 Å². The molecule has 0 saturated carbocycles. The summed E-state index contributed by atoms with van der Waals surface area (Å²) in [7, 11) is 0. The van der Waals surface area contributed by atoms with Gasteiger partial charge in [-0.05, 0) is 31.2 Å². The van der Waals surface area contributed by atoms with Crippen LogP contribution in [0, 0.1) is 5.82 Å². The smallest absolute Gasteiger partial charge is 0.237 e. The van der Waals surface area contributed by atoms with E-state index in [1.165, 1.54) is 30.0 Å². The Labute approximate surface area is 189 Å². The van der Waals surface area contributed by atoms with Crippen LogP contribution in [0.25, 0.3) is 10.9 Å². The van der Waals surface area contributed by atoms with Crippen LogP contribution in [0.1, 0.15) is 12.7 Å². The second-order valence-corrected chi connectivity index (χ2v) is 8.99. The van der Waals surface area contributed by atoms with Crippen molar-refractivity contribution in [2.75, 3.05) is 31.6 Å². The third-order valence-corrected chi connectivity index (χ3v) is 6.27. The summed E-state index contributed by atoms with van der Waals surface area (Å²) in [6, 6.07) is 11.9. The topological polar surface area (TPSA) is 67.3 Å². The first-order valence-corrected chi connectivity index (χ1v) is 11.2. The first-order valence-electron chi connectivity index (χ1n) is 9.98. The Balaban J connectivity index is 1.53. The van der Waals surface area contributed by atoms with Crippen LogP contribution in [0.2, 0.25) is 5.02 Å². The molecule has 2 heterocycles. The van der Waals surface area contributed by atoms with Gasteiger partial charge in [-0.1, -0.05) is 41.6 Å². The molecule has 0 aliphatic carbocycles. The third-order valence-electron chi connectivity index (χ3n) is 4.93. The monoisotopic (exact) mass is 460 g/mol. The number of hydrogen-bond acceptors (Lipinski definition) is 6. The molecule has 31 heavy (non-hydrogen) atoms. The standard InChI is InChI=1S/C22H22ClFN4O2S/c1-14(21(29)26-19-7-6-15(23)12-17(19)24)31-22-16-4-2-3-5-18(16)25-20(27-22)13-28-8-10-30-11-9-28/h2-7,12,14H,8-11,13H2,1H3,(H,26,29). The quantitative estimate of drug-likeness (QED) is 0.435. The molecule has 1 aliphatic rings. The van der Waals surface area contributed by atoms with Gasteiger partial charge in [0, 0.05) is 23.5 Å². The van der Waals surface area contributed by atoms with E-state index in [2.05, 4.69) is 10.2 Å². The van der Waals surface area contributed by atoms with E-state index >= 15 is 0 Å². The zero-order valence-corrected chi connectivity index (χ0v) is 18.5. The van der Waals surface area contributed by atoms with Gasteiger partial charge in [0.1, 0.15) is 16.7 Å². The number of morpholine rings is 1. The predicted octanol–water partition coefficient (Wildman–Crippen LogP) is 4.37. The summed E-state index contributed by atoms with van der Waals surface area (Å²) >= 11 is 7.11. The fourth-order valence-corrected chi connectivity index (χ4v) is 4.38. The average Bonchev–Trinajstić information content (AvgIpc) is 2.76. The van der Waals surface area contributed by atoms with Crippen molar-refractivity contribution in [3.63, 3.8) is 0 Å².